The van der Waals surface area contributed by atoms with Crippen molar-refractivity contribution in [3.8, 4) is 22.8 Å². The van der Waals surface area contributed by atoms with Gasteiger partial charge in [-0.25, -0.2) is 9.37 Å². The number of rotatable bonds is 9. The Labute approximate surface area is 205 Å². The van der Waals surface area contributed by atoms with E-state index in [1.54, 1.807) is 19.1 Å². The standard InChI is InChI=1S/C25H23FN6O4/c1-15(11-20(33)24-31-30-23(36-24)17-5-3-2-4-6-17)12-28-21(34)14-32-22(29-13-19(27)25(32)35)16-7-9-18(26)10-8-16/h2-10,13,15H,11-12,14,27H2,1H3,(H,28,34). The van der Waals surface area contributed by atoms with Crippen LogP contribution >= 0.6 is 0 Å². The first kappa shape index (κ1) is 24.5. The van der Waals surface area contributed by atoms with Crippen molar-refractivity contribution in [2.24, 2.45) is 5.92 Å². The Morgan fingerprint density at radius 1 is 1.08 bits per heavy atom. The molecule has 1 amide bonds. The van der Waals surface area contributed by atoms with Gasteiger partial charge in [-0.1, -0.05) is 25.1 Å². The number of nitrogens with one attached hydrogen (secondary N) is 1. The van der Waals surface area contributed by atoms with Gasteiger partial charge in [0.05, 0.1) is 6.20 Å². The van der Waals surface area contributed by atoms with Crippen LogP contribution in [0.4, 0.5) is 10.1 Å². The van der Waals surface area contributed by atoms with Crippen LogP contribution in [0, 0.1) is 11.7 Å². The number of benzene rings is 2. The molecule has 4 rings (SSSR count). The van der Waals surface area contributed by atoms with Gasteiger partial charge in [0.2, 0.25) is 17.6 Å². The van der Waals surface area contributed by atoms with E-state index in [0.29, 0.717) is 11.1 Å². The Hall–Kier alpha value is -4.67. The molecule has 36 heavy (non-hydrogen) atoms. The summed E-state index contributed by atoms with van der Waals surface area (Å²) < 4.78 is 19.9. The number of ketones is 1. The van der Waals surface area contributed by atoms with E-state index < -0.39 is 17.3 Å². The van der Waals surface area contributed by atoms with E-state index in [-0.39, 0.29) is 54.5 Å². The lowest BCUT2D eigenvalue weighted by Crippen LogP contribution is -2.36. The fourth-order valence-electron chi connectivity index (χ4n) is 3.48. The zero-order chi connectivity index (χ0) is 25.7. The SMILES string of the molecule is CC(CNC(=O)Cn1c(-c2ccc(F)cc2)ncc(N)c1=O)CC(=O)c1nnc(-c2ccccc2)o1. The lowest BCUT2D eigenvalue weighted by Gasteiger charge is -2.14. The number of Topliss-reactive ketones (excluding diaryl/α,β-unsaturated/α-hetero) is 1. The predicted molar refractivity (Wildman–Crippen MR) is 129 cm³/mol. The van der Waals surface area contributed by atoms with Crippen LogP contribution in [0.25, 0.3) is 22.8 Å². The average Bonchev–Trinajstić information content (AvgIpc) is 3.38. The van der Waals surface area contributed by atoms with E-state index in [9.17, 15) is 18.8 Å². The molecular weight excluding hydrogens is 467 g/mol. The minimum Gasteiger partial charge on any atom is -0.414 e. The van der Waals surface area contributed by atoms with E-state index in [1.165, 1.54) is 30.5 Å². The van der Waals surface area contributed by atoms with Crippen molar-refractivity contribution < 1.29 is 18.4 Å². The van der Waals surface area contributed by atoms with Gasteiger partial charge in [0, 0.05) is 24.1 Å². The summed E-state index contributed by atoms with van der Waals surface area (Å²) in [6.45, 7) is 1.60. The molecular formula is C25H23FN6O4. The minimum absolute atomic E-state index is 0.0668. The fraction of sp³-hybridized carbons (Fsp3) is 0.200. The van der Waals surface area contributed by atoms with E-state index in [0.717, 1.165) is 4.57 Å². The predicted octanol–water partition coefficient (Wildman–Crippen LogP) is 2.71. The van der Waals surface area contributed by atoms with Gasteiger partial charge in [-0.05, 0) is 42.3 Å². The van der Waals surface area contributed by atoms with E-state index in [4.69, 9.17) is 10.2 Å². The van der Waals surface area contributed by atoms with Gasteiger partial charge >= 0.3 is 0 Å². The monoisotopic (exact) mass is 490 g/mol. The smallest absolute Gasteiger partial charge is 0.284 e. The summed E-state index contributed by atoms with van der Waals surface area (Å²) in [7, 11) is 0. The molecule has 1 unspecified atom stereocenters. The number of amides is 1. The van der Waals surface area contributed by atoms with Crippen molar-refractivity contribution in [2.45, 2.75) is 19.9 Å². The number of halogens is 1. The molecule has 0 saturated heterocycles. The van der Waals surface area contributed by atoms with Crippen LogP contribution in [0.15, 0.2) is 70.0 Å². The van der Waals surface area contributed by atoms with Gasteiger partial charge in [0.25, 0.3) is 11.4 Å². The Bertz CT molecular complexity index is 1430. The number of hydrogen-bond acceptors (Lipinski definition) is 8. The van der Waals surface area contributed by atoms with Crippen molar-refractivity contribution in [1.29, 1.82) is 0 Å². The number of aromatic nitrogens is 4. The summed E-state index contributed by atoms with van der Waals surface area (Å²) in [5.74, 6) is -1.19. The van der Waals surface area contributed by atoms with Crippen LogP contribution in [0.1, 0.15) is 24.0 Å². The van der Waals surface area contributed by atoms with E-state index in [2.05, 4.69) is 20.5 Å². The molecule has 2 aromatic heterocycles. The van der Waals surface area contributed by atoms with Crippen LogP contribution in [0.2, 0.25) is 0 Å². The second-order valence-corrected chi connectivity index (χ2v) is 8.25. The first-order valence-electron chi connectivity index (χ1n) is 11.1. The fourth-order valence-corrected chi connectivity index (χ4v) is 3.48. The minimum atomic E-state index is -0.590. The average molecular weight is 490 g/mol. The molecule has 4 aromatic rings. The van der Waals surface area contributed by atoms with Gasteiger partial charge in [-0.3, -0.25) is 19.0 Å². The van der Waals surface area contributed by atoms with Gasteiger partial charge in [-0.2, -0.15) is 0 Å². The van der Waals surface area contributed by atoms with Gasteiger partial charge < -0.3 is 15.5 Å². The number of hydrogen-bond donors (Lipinski definition) is 2. The summed E-state index contributed by atoms with van der Waals surface area (Å²) in [5, 5.41) is 10.4. The largest absolute Gasteiger partial charge is 0.414 e. The third-order valence-corrected chi connectivity index (χ3v) is 5.34. The maximum atomic E-state index is 13.3. The molecule has 0 aliphatic heterocycles. The summed E-state index contributed by atoms with van der Waals surface area (Å²) in [6.07, 6.45) is 1.27. The third-order valence-electron chi connectivity index (χ3n) is 5.34. The maximum absolute atomic E-state index is 13.3. The second kappa shape index (κ2) is 10.7. The van der Waals surface area contributed by atoms with Crippen molar-refractivity contribution in [2.75, 3.05) is 12.3 Å². The summed E-state index contributed by atoms with van der Waals surface area (Å²) in [5.41, 5.74) is 6.14. The molecule has 2 heterocycles. The number of carbonyl (C=O) groups is 2. The molecule has 0 saturated carbocycles. The quantitative estimate of drug-likeness (QED) is 0.341. The molecule has 0 radical (unpaired) electrons. The summed E-state index contributed by atoms with van der Waals surface area (Å²) >= 11 is 0. The van der Waals surface area contributed by atoms with Gasteiger partial charge in [-0.15, -0.1) is 10.2 Å². The number of nitrogen functional groups attached to an aromatic ring is 1. The first-order valence-corrected chi connectivity index (χ1v) is 11.1. The molecule has 0 aliphatic rings. The molecule has 0 aliphatic carbocycles. The zero-order valence-electron chi connectivity index (χ0n) is 19.3. The molecule has 11 heteroatoms. The normalized spacial score (nSPS) is 11.7. The second-order valence-electron chi connectivity index (χ2n) is 8.25. The Morgan fingerprint density at radius 2 is 1.81 bits per heavy atom. The van der Waals surface area contributed by atoms with Crippen molar-refractivity contribution >= 4 is 17.4 Å². The molecule has 184 valence electrons. The number of anilines is 1. The Morgan fingerprint density at radius 3 is 2.53 bits per heavy atom. The highest BCUT2D eigenvalue weighted by Gasteiger charge is 2.20. The number of carbonyl (C=O) groups excluding carboxylic acids is 2. The molecule has 1 atom stereocenters. The molecule has 0 fully saturated rings. The van der Waals surface area contributed by atoms with Crippen molar-refractivity contribution in [1.82, 2.24) is 25.1 Å². The van der Waals surface area contributed by atoms with E-state index >= 15 is 0 Å². The Balaban J connectivity index is 1.37. The molecule has 3 N–H and O–H groups in total. The van der Waals surface area contributed by atoms with E-state index in [1.807, 2.05) is 18.2 Å². The highest BCUT2D eigenvalue weighted by Crippen LogP contribution is 2.19. The molecule has 2 aromatic carbocycles. The topological polar surface area (TPSA) is 146 Å². The number of nitrogens with two attached hydrogens (primary N) is 1. The molecule has 0 spiro atoms. The maximum Gasteiger partial charge on any atom is 0.284 e. The van der Waals surface area contributed by atoms with Crippen molar-refractivity contribution in [3.05, 3.63) is 82.9 Å². The summed E-state index contributed by atoms with van der Waals surface area (Å²) in [6, 6.07) is 14.5. The highest BCUT2D eigenvalue weighted by molar-refractivity contribution is 5.92. The first-order chi connectivity index (χ1) is 17.3. The van der Waals surface area contributed by atoms with Crippen LogP contribution in [0.5, 0.6) is 0 Å². The third kappa shape index (κ3) is 5.69. The van der Waals surface area contributed by atoms with Crippen LogP contribution in [-0.2, 0) is 11.3 Å². The van der Waals surface area contributed by atoms with Crippen LogP contribution < -0.4 is 16.6 Å². The van der Waals surface area contributed by atoms with Gasteiger partial charge in [0.15, 0.2) is 0 Å². The molecule has 10 nitrogen and oxygen atoms in total. The summed E-state index contributed by atoms with van der Waals surface area (Å²) in [4.78, 5) is 41.9. The lowest BCUT2D eigenvalue weighted by atomic mass is 10.0. The van der Waals surface area contributed by atoms with Crippen LogP contribution in [-0.4, -0.2) is 38.0 Å². The van der Waals surface area contributed by atoms with Gasteiger partial charge in [0.1, 0.15) is 23.9 Å². The highest BCUT2D eigenvalue weighted by atomic mass is 19.1. The zero-order valence-corrected chi connectivity index (χ0v) is 19.3. The number of nitrogens with zero attached hydrogens (tertiary/aromatic N) is 4. The Kier molecular flexibility index (Phi) is 7.28. The molecule has 0 bridgehead atoms. The van der Waals surface area contributed by atoms with Crippen LogP contribution in [0.3, 0.4) is 0 Å². The lowest BCUT2D eigenvalue weighted by molar-refractivity contribution is -0.121. The van der Waals surface area contributed by atoms with Crippen molar-refractivity contribution in [3.63, 3.8) is 0 Å².